The normalized spacial score (nSPS) is 18.2. The molecule has 0 amide bonds. The van der Waals surface area contributed by atoms with E-state index in [1.807, 2.05) is 13.1 Å². The van der Waals surface area contributed by atoms with E-state index in [0.29, 0.717) is 46.6 Å². The summed E-state index contributed by atoms with van der Waals surface area (Å²) in [4.78, 5) is 19.3. The maximum atomic E-state index is 6.57. The van der Waals surface area contributed by atoms with Crippen molar-refractivity contribution >= 4 is 40.5 Å². The van der Waals surface area contributed by atoms with Gasteiger partial charge in [0, 0.05) is 17.8 Å². The smallest absolute Gasteiger partial charge is 0.172 e. The van der Waals surface area contributed by atoms with Gasteiger partial charge in [-0.05, 0) is 25.2 Å². The average Bonchev–Trinajstić information content (AvgIpc) is 3.10. The second-order valence-electron chi connectivity index (χ2n) is 7.25. The lowest BCUT2D eigenvalue weighted by atomic mass is 10.0. The molecule has 4 rings (SSSR count). The molecule has 0 saturated heterocycles. The first-order valence-corrected chi connectivity index (χ1v) is 10.5. The molecule has 0 radical (unpaired) electrons. The number of anilines is 2. The number of benzene rings is 1. The lowest BCUT2D eigenvalue weighted by Crippen LogP contribution is -2.56. The Hall–Kier alpha value is -3.18. The van der Waals surface area contributed by atoms with Gasteiger partial charge < -0.3 is 26.3 Å². The standard InChI is InChI=1S/C21H22Cl2N8O2/c1-31-10-29-20(24)21(31,25)15-7-12(27-9-28-15)11-5-4-6-26-19(11)30-18-16(22)13(32-2)8-14(33-3)17(18)23/h4-9H,10,25H2,1-3H3,(H2,24,29)(H,26,30). The van der Waals surface area contributed by atoms with Gasteiger partial charge in [-0.15, -0.1) is 0 Å². The van der Waals surface area contributed by atoms with E-state index in [4.69, 9.17) is 44.1 Å². The number of rotatable bonds is 6. The molecule has 1 aliphatic rings. The molecule has 2 aromatic heterocycles. The van der Waals surface area contributed by atoms with Crippen molar-refractivity contribution in [2.24, 2.45) is 16.5 Å². The van der Waals surface area contributed by atoms with Gasteiger partial charge in [0.1, 0.15) is 39.5 Å². The summed E-state index contributed by atoms with van der Waals surface area (Å²) in [6.07, 6.45) is 3.05. The number of aliphatic imine (C=N–C) groups is 1. The second-order valence-corrected chi connectivity index (χ2v) is 8.00. The van der Waals surface area contributed by atoms with Crippen molar-refractivity contribution in [2.75, 3.05) is 33.3 Å². The van der Waals surface area contributed by atoms with Crippen LogP contribution in [0.15, 0.2) is 41.8 Å². The highest BCUT2D eigenvalue weighted by Crippen LogP contribution is 2.45. The van der Waals surface area contributed by atoms with Crippen molar-refractivity contribution in [3.63, 3.8) is 0 Å². The molecule has 10 nitrogen and oxygen atoms in total. The number of nitrogens with one attached hydrogen (secondary N) is 1. The molecule has 0 aliphatic carbocycles. The van der Waals surface area contributed by atoms with Crippen LogP contribution in [0.3, 0.4) is 0 Å². The first kappa shape index (κ1) is 23.0. The number of hydrogen-bond donors (Lipinski definition) is 3. The molecule has 1 atom stereocenters. The van der Waals surface area contributed by atoms with Crippen LogP contribution in [0, 0.1) is 0 Å². The summed E-state index contributed by atoms with van der Waals surface area (Å²) in [6.45, 7) is 0.371. The zero-order chi connectivity index (χ0) is 23.8. The maximum Gasteiger partial charge on any atom is 0.172 e. The van der Waals surface area contributed by atoms with E-state index in [1.54, 1.807) is 29.3 Å². The number of nitrogens with two attached hydrogens (primary N) is 2. The van der Waals surface area contributed by atoms with Crippen LogP contribution in [0.1, 0.15) is 5.69 Å². The number of pyridine rings is 1. The van der Waals surface area contributed by atoms with E-state index in [2.05, 4.69) is 25.3 Å². The van der Waals surface area contributed by atoms with Crippen LogP contribution in [0.2, 0.25) is 10.0 Å². The summed E-state index contributed by atoms with van der Waals surface area (Å²) in [6, 6.07) is 6.99. The number of halogens is 2. The summed E-state index contributed by atoms with van der Waals surface area (Å²) in [7, 11) is 4.83. The molecule has 12 heteroatoms. The largest absolute Gasteiger partial charge is 0.495 e. The number of ether oxygens (including phenoxy) is 2. The Morgan fingerprint density at radius 1 is 1.09 bits per heavy atom. The van der Waals surface area contributed by atoms with Crippen molar-refractivity contribution in [1.82, 2.24) is 19.9 Å². The fraction of sp³-hybridized carbons (Fsp3) is 0.238. The van der Waals surface area contributed by atoms with Crippen LogP contribution in [0.4, 0.5) is 11.5 Å². The highest BCUT2D eigenvalue weighted by atomic mass is 35.5. The Kier molecular flexibility index (Phi) is 6.26. The van der Waals surface area contributed by atoms with E-state index >= 15 is 0 Å². The summed E-state index contributed by atoms with van der Waals surface area (Å²) >= 11 is 13.0. The SMILES string of the molecule is COc1cc(OC)c(Cl)c(Nc2ncccc2-c2cc(C3(N)C(N)=NCN3C)ncn2)c1Cl. The molecular weight excluding hydrogens is 467 g/mol. The summed E-state index contributed by atoms with van der Waals surface area (Å²) in [5.74, 6) is 1.52. The van der Waals surface area contributed by atoms with Crippen LogP contribution in [-0.2, 0) is 5.66 Å². The number of hydrogen-bond acceptors (Lipinski definition) is 10. The predicted octanol–water partition coefficient (Wildman–Crippen LogP) is 2.98. The van der Waals surface area contributed by atoms with Crippen LogP contribution >= 0.6 is 23.2 Å². The van der Waals surface area contributed by atoms with Crippen molar-refractivity contribution < 1.29 is 9.47 Å². The highest BCUT2D eigenvalue weighted by molar-refractivity contribution is 6.41. The number of nitrogens with zero attached hydrogens (tertiary/aromatic N) is 5. The average molecular weight is 489 g/mol. The fourth-order valence-electron chi connectivity index (χ4n) is 3.48. The Morgan fingerprint density at radius 3 is 2.39 bits per heavy atom. The lowest BCUT2D eigenvalue weighted by Gasteiger charge is -2.30. The van der Waals surface area contributed by atoms with Gasteiger partial charge in [-0.3, -0.25) is 9.89 Å². The van der Waals surface area contributed by atoms with E-state index < -0.39 is 5.66 Å². The van der Waals surface area contributed by atoms with Crippen molar-refractivity contribution in [1.29, 1.82) is 0 Å². The second kappa shape index (κ2) is 8.99. The molecule has 1 aliphatic heterocycles. The predicted molar refractivity (Wildman–Crippen MR) is 128 cm³/mol. The van der Waals surface area contributed by atoms with E-state index in [-0.39, 0.29) is 15.9 Å². The van der Waals surface area contributed by atoms with Gasteiger partial charge in [-0.2, -0.15) is 0 Å². The fourth-order valence-corrected chi connectivity index (χ4v) is 4.07. The minimum absolute atomic E-state index is 0.278. The lowest BCUT2D eigenvalue weighted by molar-refractivity contribution is 0.218. The summed E-state index contributed by atoms with van der Waals surface area (Å²) in [5, 5.41) is 3.74. The molecular formula is C21H22Cl2N8O2. The Bertz CT molecular complexity index is 1210. The van der Waals surface area contributed by atoms with Gasteiger partial charge in [-0.1, -0.05) is 23.2 Å². The molecule has 1 unspecified atom stereocenters. The Balaban J connectivity index is 1.79. The van der Waals surface area contributed by atoms with Gasteiger partial charge in [0.05, 0.1) is 38.0 Å². The zero-order valence-electron chi connectivity index (χ0n) is 18.1. The number of methoxy groups -OCH3 is 2. The van der Waals surface area contributed by atoms with Gasteiger partial charge in [-0.25, -0.2) is 15.0 Å². The quantitative estimate of drug-likeness (QED) is 0.477. The van der Waals surface area contributed by atoms with Gasteiger partial charge in [0.2, 0.25) is 0 Å². The van der Waals surface area contributed by atoms with E-state index in [9.17, 15) is 0 Å². The molecule has 5 N–H and O–H groups in total. The van der Waals surface area contributed by atoms with E-state index in [1.165, 1.54) is 20.5 Å². The third kappa shape index (κ3) is 3.91. The number of aromatic nitrogens is 3. The maximum absolute atomic E-state index is 6.57. The first-order chi connectivity index (χ1) is 15.8. The zero-order valence-corrected chi connectivity index (χ0v) is 19.6. The molecule has 3 heterocycles. The molecule has 33 heavy (non-hydrogen) atoms. The number of likely N-dealkylation sites (N-methyl/N-ethyl adjacent to an activating group) is 1. The van der Waals surface area contributed by atoms with Gasteiger partial charge in [0.25, 0.3) is 0 Å². The Labute approximate surface area is 200 Å². The Morgan fingerprint density at radius 2 is 1.79 bits per heavy atom. The summed E-state index contributed by atoms with van der Waals surface area (Å²) < 4.78 is 10.7. The molecule has 3 aromatic rings. The minimum atomic E-state index is -1.14. The molecule has 0 bridgehead atoms. The van der Waals surface area contributed by atoms with Crippen LogP contribution < -0.4 is 26.3 Å². The minimum Gasteiger partial charge on any atom is -0.495 e. The van der Waals surface area contributed by atoms with Gasteiger partial charge >= 0.3 is 0 Å². The van der Waals surface area contributed by atoms with Crippen LogP contribution in [0.5, 0.6) is 11.5 Å². The molecule has 0 fully saturated rings. The third-order valence-corrected chi connectivity index (χ3v) is 6.15. The van der Waals surface area contributed by atoms with Crippen LogP contribution in [0.25, 0.3) is 11.3 Å². The number of amidine groups is 1. The third-order valence-electron chi connectivity index (χ3n) is 5.40. The van der Waals surface area contributed by atoms with E-state index in [0.717, 1.165) is 0 Å². The van der Waals surface area contributed by atoms with Crippen molar-refractivity contribution in [2.45, 2.75) is 5.66 Å². The van der Waals surface area contributed by atoms with Gasteiger partial charge in [0.15, 0.2) is 5.66 Å². The summed E-state index contributed by atoms with van der Waals surface area (Å²) in [5.41, 5.74) is 13.6. The molecule has 172 valence electrons. The molecule has 1 aromatic carbocycles. The first-order valence-electron chi connectivity index (χ1n) is 9.76. The molecule has 0 spiro atoms. The van der Waals surface area contributed by atoms with Crippen molar-refractivity contribution in [3.8, 4) is 22.8 Å². The highest BCUT2D eigenvalue weighted by Gasteiger charge is 2.42. The van der Waals surface area contributed by atoms with Crippen LogP contribution in [-0.4, -0.2) is 53.6 Å². The molecule has 0 saturated carbocycles. The van der Waals surface area contributed by atoms with Crippen molar-refractivity contribution in [3.05, 3.63) is 52.5 Å². The monoisotopic (exact) mass is 488 g/mol. The topological polar surface area (TPSA) is 137 Å².